The van der Waals surface area contributed by atoms with Crippen LogP contribution in [0, 0.1) is 0 Å². The summed E-state index contributed by atoms with van der Waals surface area (Å²) in [7, 11) is 1.61. The third-order valence-corrected chi connectivity index (χ3v) is 4.65. The number of benzene rings is 1. The van der Waals surface area contributed by atoms with Crippen LogP contribution in [0.2, 0.25) is 0 Å². The molecular weight excluding hydrogens is 362 g/mol. The fraction of sp³-hybridized carbons (Fsp3) is 0.462. The van der Waals surface area contributed by atoms with E-state index in [2.05, 4.69) is 31.9 Å². The zero-order valence-electron chi connectivity index (χ0n) is 10.2. The molecule has 98 valence electrons. The molecule has 1 saturated heterocycles. The van der Waals surface area contributed by atoms with Crippen molar-refractivity contribution in [2.45, 2.75) is 17.7 Å². The van der Waals surface area contributed by atoms with Crippen LogP contribution in [-0.4, -0.2) is 35.8 Å². The Morgan fingerprint density at radius 1 is 1.39 bits per heavy atom. The lowest BCUT2D eigenvalue weighted by Gasteiger charge is -2.29. The fourth-order valence-corrected chi connectivity index (χ4v) is 2.98. The van der Waals surface area contributed by atoms with Gasteiger partial charge in [0.1, 0.15) is 5.75 Å². The Labute approximate surface area is 124 Å². The molecular formula is C13H15Br2NO2. The summed E-state index contributed by atoms with van der Waals surface area (Å²) >= 11 is 7.00. The molecule has 0 radical (unpaired) electrons. The smallest absolute Gasteiger partial charge is 0.253 e. The Balaban J connectivity index is 2.11. The van der Waals surface area contributed by atoms with E-state index < -0.39 is 0 Å². The second-order valence-corrected chi connectivity index (χ2v) is 6.47. The Hall–Kier alpha value is -0.550. The summed E-state index contributed by atoms with van der Waals surface area (Å²) in [6.45, 7) is 1.64. The number of carbonyl (C=O) groups is 1. The Kier molecular flexibility index (Phi) is 4.67. The van der Waals surface area contributed by atoms with Gasteiger partial charge in [-0.3, -0.25) is 4.79 Å². The highest BCUT2D eigenvalue weighted by Crippen LogP contribution is 2.27. The predicted octanol–water partition coefficient (Wildman–Crippen LogP) is 3.46. The van der Waals surface area contributed by atoms with Gasteiger partial charge in [-0.25, -0.2) is 0 Å². The molecule has 5 heteroatoms. The number of halogens is 2. The zero-order valence-corrected chi connectivity index (χ0v) is 13.3. The number of rotatable bonds is 2. The number of hydrogen-bond acceptors (Lipinski definition) is 2. The van der Waals surface area contributed by atoms with Crippen molar-refractivity contribution in [2.75, 3.05) is 20.2 Å². The van der Waals surface area contributed by atoms with Gasteiger partial charge in [0.2, 0.25) is 0 Å². The first-order valence-electron chi connectivity index (χ1n) is 5.88. The van der Waals surface area contributed by atoms with E-state index in [9.17, 15) is 4.79 Å². The van der Waals surface area contributed by atoms with Crippen LogP contribution in [0.15, 0.2) is 22.7 Å². The number of piperidine rings is 1. The van der Waals surface area contributed by atoms with E-state index in [1.54, 1.807) is 7.11 Å². The van der Waals surface area contributed by atoms with Crippen LogP contribution in [0.4, 0.5) is 0 Å². The summed E-state index contributed by atoms with van der Waals surface area (Å²) in [5.74, 6) is 0.837. The maximum Gasteiger partial charge on any atom is 0.253 e. The van der Waals surface area contributed by atoms with E-state index in [4.69, 9.17) is 4.74 Å². The van der Waals surface area contributed by atoms with Crippen LogP contribution in [0.1, 0.15) is 23.2 Å². The van der Waals surface area contributed by atoms with Crippen molar-refractivity contribution >= 4 is 37.8 Å². The molecule has 0 spiro atoms. The Morgan fingerprint density at radius 2 is 2.06 bits per heavy atom. The number of likely N-dealkylation sites (tertiary alicyclic amines) is 1. The number of amides is 1. The summed E-state index contributed by atoms with van der Waals surface area (Å²) in [5, 5.41) is 0. The van der Waals surface area contributed by atoms with Gasteiger partial charge in [0.15, 0.2) is 0 Å². The second-order valence-electron chi connectivity index (χ2n) is 4.32. The molecule has 18 heavy (non-hydrogen) atoms. The number of ether oxygens (including phenoxy) is 1. The Bertz CT molecular complexity index is 443. The molecule has 0 unspecified atom stereocenters. The SMILES string of the molecule is COc1ccc(C(=O)N2CCC(Br)CC2)cc1Br. The van der Waals surface area contributed by atoms with Gasteiger partial charge in [0.05, 0.1) is 11.6 Å². The van der Waals surface area contributed by atoms with Crippen molar-refractivity contribution in [3.05, 3.63) is 28.2 Å². The molecule has 2 rings (SSSR count). The predicted molar refractivity (Wildman–Crippen MR) is 78.5 cm³/mol. The third-order valence-electron chi connectivity index (χ3n) is 3.11. The van der Waals surface area contributed by atoms with Crippen LogP contribution in [0.3, 0.4) is 0 Å². The van der Waals surface area contributed by atoms with Gasteiger partial charge in [0.25, 0.3) is 5.91 Å². The molecule has 0 bridgehead atoms. The number of nitrogens with zero attached hydrogens (tertiary/aromatic N) is 1. The molecule has 0 aromatic heterocycles. The molecule has 0 N–H and O–H groups in total. The summed E-state index contributed by atoms with van der Waals surface area (Å²) in [5.41, 5.74) is 0.704. The number of hydrogen-bond donors (Lipinski definition) is 0. The lowest BCUT2D eigenvalue weighted by molar-refractivity contribution is 0.0728. The van der Waals surface area contributed by atoms with Crippen LogP contribution in [0.5, 0.6) is 5.75 Å². The molecule has 1 aliphatic heterocycles. The minimum atomic E-state index is 0.0951. The van der Waals surface area contributed by atoms with Crippen molar-refractivity contribution < 1.29 is 9.53 Å². The van der Waals surface area contributed by atoms with Crippen molar-refractivity contribution in [1.29, 1.82) is 0 Å². The number of carbonyl (C=O) groups excluding carboxylic acids is 1. The molecule has 0 atom stereocenters. The molecule has 1 aromatic rings. The van der Waals surface area contributed by atoms with E-state index in [0.29, 0.717) is 10.4 Å². The minimum Gasteiger partial charge on any atom is -0.496 e. The van der Waals surface area contributed by atoms with E-state index in [-0.39, 0.29) is 5.91 Å². The average Bonchev–Trinajstić information content (AvgIpc) is 2.38. The van der Waals surface area contributed by atoms with Crippen molar-refractivity contribution in [3.8, 4) is 5.75 Å². The van der Waals surface area contributed by atoms with Crippen molar-refractivity contribution in [3.63, 3.8) is 0 Å². The van der Waals surface area contributed by atoms with Crippen molar-refractivity contribution in [2.24, 2.45) is 0 Å². The van der Waals surface area contributed by atoms with Crippen LogP contribution >= 0.6 is 31.9 Å². The second kappa shape index (κ2) is 6.06. The Morgan fingerprint density at radius 3 is 2.61 bits per heavy atom. The lowest BCUT2D eigenvalue weighted by atomic mass is 10.1. The van der Waals surface area contributed by atoms with Gasteiger partial charge in [-0.05, 0) is 47.0 Å². The molecule has 1 aromatic carbocycles. The molecule has 3 nitrogen and oxygen atoms in total. The summed E-state index contributed by atoms with van der Waals surface area (Å²) in [6, 6.07) is 5.45. The highest BCUT2D eigenvalue weighted by atomic mass is 79.9. The third kappa shape index (κ3) is 3.06. The molecule has 0 aliphatic carbocycles. The van der Waals surface area contributed by atoms with E-state index in [0.717, 1.165) is 36.2 Å². The molecule has 0 saturated carbocycles. The van der Waals surface area contributed by atoms with Gasteiger partial charge < -0.3 is 9.64 Å². The molecule has 1 amide bonds. The summed E-state index contributed by atoms with van der Waals surface area (Å²) in [4.78, 5) is 14.8. The van der Waals surface area contributed by atoms with Gasteiger partial charge in [-0.15, -0.1) is 0 Å². The van der Waals surface area contributed by atoms with Crippen LogP contribution < -0.4 is 4.74 Å². The quantitative estimate of drug-likeness (QED) is 0.739. The lowest BCUT2D eigenvalue weighted by Crippen LogP contribution is -2.38. The van der Waals surface area contributed by atoms with E-state index >= 15 is 0 Å². The maximum absolute atomic E-state index is 12.3. The van der Waals surface area contributed by atoms with E-state index in [1.165, 1.54) is 0 Å². The topological polar surface area (TPSA) is 29.5 Å². The maximum atomic E-state index is 12.3. The summed E-state index contributed by atoms with van der Waals surface area (Å²) in [6.07, 6.45) is 2.03. The van der Waals surface area contributed by atoms with Gasteiger partial charge in [-0.1, -0.05) is 15.9 Å². The first kappa shape index (κ1) is 13.9. The largest absolute Gasteiger partial charge is 0.496 e. The highest BCUT2D eigenvalue weighted by molar-refractivity contribution is 9.10. The molecule has 1 fully saturated rings. The minimum absolute atomic E-state index is 0.0951. The van der Waals surface area contributed by atoms with Gasteiger partial charge in [0, 0.05) is 23.5 Å². The number of alkyl halides is 1. The normalized spacial score (nSPS) is 16.7. The first-order valence-corrected chi connectivity index (χ1v) is 7.59. The van der Waals surface area contributed by atoms with Gasteiger partial charge >= 0.3 is 0 Å². The molecule has 1 heterocycles. The summed E-state index contributed by atoms with van der Waals surface area (Å²) < 4.78 is 5.97. The zero-order chi connectivity index (χ0) is 13.1. The van der Waals surface area contributed by atoms with Crippen molar-refractivity contribution in [1.82, 2.24) is 4.90 Å². The van der Waals surface area contributed by atoms with Gasteiger partial charge in [-0.2, -0.15) is 0 Å². The monoisotopic (exact) mass is 375 g/mol. The standard InChI is InChI=1S/C13H15Br2NO2/c1-18-12-3-2-9(8-11(12)15)13(17)16-6-4-10(14)5-7-16/h2-3,8,10H,4-7H2,1H3. The fourth-order valence-electron chi connectivity index (χ4n) is 2.03. The van der Waals surface area contributed by atoms with E-state index in [1.807, 2.05) is 23.1 Å². The highest BCUT2D eigenvalue weighted by Gasteiger charge is 2.22. The number of methoxy groups -OCH3 is 1. The van der Waals surface area contributed by atoms with Crippen LogP contribution in [0.25, 0.3) is 0 Å². The van der Waals surface area contributed by atoms with Crippen LogP contribution in [-0.2, 0) is 0 Å². The first-order chi connectivity index (χ1) is 8.61. The average molecular weight is 377 g/mol. The molecule has 1 aliphatic rings.